The van der Waals surface area contributed by atoms with Gasteiger partial charge in [-0.1, -0.05) is 30.3 Å². The fourth-order valence-electron chi connectivity index (χ4n) is 1.65. The molecule has 0 unspecified atom stereocenters. The predicted octanol–water partition coefficient (Wildman–Crippen LogP) is 2.70. The van der Waals surface area contributed by atoms with Crippen LogP contribution in [-0.4, -0.2) is 16.1 Å². The molecule has 0 fully saturated rings. The van der Waals surface area contributed by atoms with Gasteiger partial charge in [-0.2, -0.15) is 0 Å². The summed E-state index contributed by atoms with van der Waals surface area (Å²) in [6, 6.07) is 13.0. The molecule has 0 aliphatic rings. The summed E-state index contributed by atoms with van der Waals surface area (Å²) in [5.74, 6) is -0.565. The minimum atomic E-state index is -0.974. The first-order chi connectivity index (χ1) is 8.66. The zero-order chi connectivity index (χ0) is 13.0. The van der Waals surface area contributed by atoms with Crippen molar-refractivity contribution in [3.8, 4) is 0 Å². The van der Waals surface area contributed by atoms with Crippen molar-refractivity contribution in [3.05, 3.63) is 59.3 Å². The highest BCUT2D eigenvalue weighted by molar-refractivity contribution is 5.93. The van der Waals surface area contributed by atoms with Gasteiger partial charge in [-0.3, -0.25) is 0 Å². The number of benzene rings is 1. The van der Waals surface area contributed by atoms with Gasteiger partial charge in [0.25, 0.3) is 0 Å². The number of aromatic nitrogens is 1. The lowest BCUT2D eigenvalue weighted by atomic mass is 10.2. The predicted molar refractivity (Wildman–Crippen MR) is 69.7 cm³/mol. The van der Waals surface area contributed by atoms with E-state index in [0.717, 1.165) is 11.3 Å². The minimum absolute atomic E-state index is 0.191. The number of carboxylic acid groups (broad SMARTS) is 1. The van der Waals surface area contributed by atoms with Crippen molar-refractivity contribution in [2.45, 2.75) is 13.5 Å². The number of pyridine rings is 1. The van der Waals surface area contributed by atoms with Crippen LogP contribution >= 0.6 is 0 Å². The van der Waals surface area contributed by atoms with Crippen molar-refractivity contribution in [3.63, 3.8) is 0 Å². The number of carbonyl (C=O) groups is 1. The Hall–Kier alpha value is -2.36. The minimum Gasteiger partial charge on any atom is -0.478 e. The van der Waals surface area contributed by atoms with Gasteiger partial charge in [0, 0.05) is 12.2 Å². The third-order valence-corrected chi connectivity index (χ3v) is 2.57. The van der Waals surface area contributed by atoms with Gasteiger partial charge >= 0.3 is 5.97 Å². The Bertz CT molecular complexity index is 553. The number of aromatic carboxylic acids is 1. The molecule has 0 saturated carbocycles. The molecule has 2 aromatic rings. The highest BCUT2D eigenvalue weighted by Gasteiger charge is 2.10. The van der Waals surface area contributed by atoms with Crippen molar-refractivity contribution in [1.29, 1.82) is 0 Å². The lowest BCUT2D eigenvalue weighted by molar-refractivity contribution is 0.0697. The van der Waals surface area contributed by atoms with Gasteiger partial charge in [0.2, 0.25) is 0 Å². The molecule has 1 heterocycles. The molecule has 0 aliphatic carbocycles. The van der Waals surface area contributed by atoms with Crippen molar-refractivity contribution < 1.29 is 9.90 Å². The molecule has 2 rings (SSSR count). The van der Waals surface area contributed by atoms with Gasteiger partial charge in [-0.15, -0.1) is 0 Å². The van der Waals surface area contributed by atoms with Crippen LogP contribution in [-0.2, 0) is 6.54 Å². The van der Waals surface area contributed by atoms with Gasteiger partial charge < -0.3 is 10.4 Å². The van der Waals surface area contributed by atoms with Crippen molar-refractivity contribution in [1.82, 2.24) is 4.98 Å². The fourth-order valence-corrected chi connectivity index (χ4v) is 1.65. The number of nitrogens with one attached hydrogen (secondary N) is 1. The average molecular weight is 242 g/mol. The summed E-state index contributed by atoms with van der Waals surface area (Å²) in [5.41, 5.74) is 2.06. The second-order valence-corrected chi connectivity index (χ2v) is 3.99. The van der Waals surface area contributed by atoms with Gasteiger partial charge in [-0.25, -0.2) is 9.78 Å². The molecule has 2 N–H and O–H groups in total. The molecule has 1 aromatic heterocycles. The van der Waals surface area contributed by atoms with Crippen LogP contribution in [0.5, 0.6) is 0 Å². The Kier molecular flexibility index (Phi) is 3.57. The number of nitrogens with zero attached hydrogens (tertiary/aromatic N) is 1. The van der Waals surface area contributed by atoms with Crippen LogP contribution in [0.4, 0.5) is 5.82 Å². The molecule has 1 aromatic carbocycles. The topological polar surface area (TPSA) is 62.2 Å². The lowest BCUT2D eigenvalue weighted by Gasteiger charge is -2.09. The van der Waals surface area contributed by atoms with Gasteiger partial charge in [0.15, 0.2) is 0 Å². The highest BCUT2D eigenvalue weighted by atomic mass is 16.4. The summed E-state index contributed by atoms with van der Waals surface area (Å²) in [6.07, 6.45) is 0. The van der Waals surface area contributed by atoms with Crippen LogP contribution in [0.25, 0.3) is 0 Å². The number of hydrogen-bond donors (Lipinski definition) is 2. The molecule has 18 heavy (non-hydrogen) atoms. The van der Waals surface area contributed by atoms with Crippen LogP contribution in [0.2, 0.25) is 0 Å². The second-order valence-electron chi connectivity index (χ2n) is 3.99. The van der Waals surface area contributed by atoms with E-state index in [1.54, 1.807) is 12.1 Å². The molecular weight excluding hydrogens is 228 g/mol. The molecule has 0 atom stereocenters. The first kappa shape index (κ1) is 12.1. The molecule has 0 aliphatic heterocycles. The van der Waals surface area contributed by atoms with Crippen molar-refractivity contribution >= 4 is 11.8 Å². The van der Waals surface area contributed by atoms with E-state index in [1.165, 1.54) is 0 Å². The van der Waals surface area contributed by atoms with E-state index >= 15 is 0 Å². The summed E-state index contributed by atoms with van der Waals surface area (Å²) in [6.45, 7) is 2.39. The van der Waals surface area contributed by atoms with Crippen LogP contribution < -0.4 is 5.32 Å². The first-order valence-electron chi connectivity index (χ1n) is 5.65. The maximum Gasteiger partial charge on any atom is 0.339 e. The summed E-state index contributed by atoms with van der Waals surface area (Å²) in [5, 5.41) is 12.1. The van der Waals surface area contributed by atoms with Gasteiger partial charge in [0.1, 0.15) is 11.4 Å². The molecule has 4 heteroatoms. The highest BCUT2D eigenvalue weighted by Crippen LogP contribution is 2.14. The zero-order valence-electron chi connectivity index (χ0n) is 10.1. The quantitative estimate of drug-likeness (QED) is 0.865. The van der Waals surface area contributed by atoms with E-state index in [-0.39, 0.29) is 5.56 Å². The summed E-state index contributed by atoms with van der Waals surface area (Å²) >= 11 is 0. The Morgan fingerprint density at radius 1 is 1.22 bits per heavy atom. The summed E-state index contributed by atoms with van der Waals surface area (Å²) in [7, 11) is 0. The van der Waals surface area contributed by atoms with E-state index in [0.29, 0.717) is 12.4 Å². The maximum absolute atomic E-state index is 11.1. The van der Waals surface area contributed by atoms with Crippen LogP contribution in [0, 0.1) is 6.92 Å². The zero-order valence-corrected chi connectivity index (χ0v) is 10.1. The van der Waals surface area contributed by atoms with Gasteiger partial charge in [0.05, 0.1) is 0 Å². The Morgan fingerprint density at radius 3 is 2.61 bits per heavy atom. The van der Waals surface area contributed by atoms with Crippen LogP contribution in [0.1, 0.15) is 21.6 Å². The molecular formula is C14H14N2O2. The lowest BCUT2D eigenvalue weighted by Crippen LogP contribution is -2.08. The first-order valence-corrected chi connectivity index (χ1v) is 5.65. The molecule has 0 amide bonds. The molecule has 0 spiro atoms. The Labute approximate surface area is 105 Å². The van der Waals surface area contributed by atoms with E-state index in [4.69, 9.17) is 5.11 Å². The average Bonchev–Trinajstić information content (AvgIpc) is 2.37. The summed E-state index contributed by atoms with van der Waals surface area (Å²) in [4.78, 5) is 15.3. The monoisotopic (exact) mass is 242 g/mol. The van der Waals surface area contributed by atoms with Crippen molar-refractivity contribution in [2.24, 2.45) is 0 Å². The largest absolute Gasteiger partial charge is 0.478 e. The smallest absolute Gasteiger partial charge is 0.339 e. The number of hydrogen-bond acceptors (Lipinski definition) is 3. The molecule has 0 radical (unpaired) electrons. The molecule has 92 valence electrons. The normalized spacial score (nSPS) is 10.1. The van der Waals surface area contributed by atoms with Crippen molar-refractivity contribution in [2.75, 3.05) is 5.32 Å². The Balaban J connectivity index is 2.18. The van der Waals surface area contributed by atoms with Crippen LogP contribution in [0.3, 0.4) is 0 Å². The fraction of sp³-hybridized carbons (Fsp3) is 0.143. The number of aryl methyl sites for hydroxylation is 1. The SMILES string of the molecule is Cc1ccc(C(=O)O)c(NCc2ccccc2)n1. The molecule has 0 bridgehead atoms. The third kappa shape index (κ3) is 2.85. The van der Waals surface area contributed by atoms with E-state index in [2.05, 4.69) is 10.3 Å². The third-order valence-electron chi connectivity index (χ3n) is 2.57. The molecule has 0 saturated heterocycles. The molecule has 4 nitrogen and oxygen atoms in total. The van der Waals surface area contributed by atoms with Gasteiger partial charge in [-0.05, 0) is 24.6 Å². The van der Waals surface area contributed by atoms with E-state index < -0.39 is 5.97 Å². The van der Waals surface area contributed by atoms with E-state index in [9.17, 15) is 4.79 Å². The Morgan fingerprint density at radius 2 is 1.94 bits per heavy atom. The number of carboxylic acids is 1. The van der Waals surface area contributed by atoms with E-state index in [1.807, 2.05) is 37.3 Å². The standard InChI is InChI=1S/C14H14N2O2/c1-10-7-8-12(14(17)18)13(16-10)15-9-11-5-3-2-4-6-11/h2-8H,9H2,1H3,(H,15,16)(H,17,18). The summed E-state index contributed by atoms with van der Waals surface area (Å²) < 4.78 is 0. The number of anilines is 1. The maximum atomic E-state index is 11.1. The van der Waals surface area contributed by atoms with Crippen LogP contribution in [0.15, 0.2) is 42.5 Å². The second kappa shape index (κ2) is 5.31. The number of rotatable bonds is 4.